The van der Waals surface area contributed by atoms with Gasteiger partial charge in [0.05, 0.1) is 12.8 Å². The second-order valence-electron chi connectivity index (χ2n) is 9.28. The van der Waals surface area contributed by atoms with E-state index in [1.54, 1.807) is 22.1 Å². The quantitative estimate of drug-likeness (QED) is 0.417. The number of carbonyl (C=O) groups excluding carboxylic acids is 2. The largest absolute Gasteiger partial charge is 0.467 e. The van der Waals surface area contributed by atoms with E-state index in [1.165, 1.54) is 0 Å². The first-order valence-electron chi connectivity index (χ1n) is 12.2. The molecule has 4 rings (SSSR count). The molecule has 0 spiro atoms. The van der Waals surface area contributed by atoms with E-state index in [1.807, 2.05) is 62.4 Å². The van der Waals surface area contributed by atoms with Gasteiger partial charge in [-0.25, -0.2) is 4.79 Å². The molecule has 36 heavy (non-hydrogen) atoms. The zero-order valence-corrected chi connectivity index (χ0v) is 21.0. The lowest BCUT2D eigenvalue weighted by atomic mass is 10.1. The van der Waals surface area contributed by atoms with Gasteiger partial charge in [0.1, 0.15) is 12.3 Å². The highest BCUT2D eigenvalue weighted by molar-refractivity contribution is 5.92. The van der Waals surface area contributed by atoms with Crippen molar-refractivity contribution in [2.75, 3.05) is 25.2 Å². The normalized spacial score (nSPS) is 12.0. The van der Waals surface area contributed by atoms with Crippen LogP contribution in [-0.4, -0.2) is 41.6 Å². The molecule has 0 aliphatic carbocycles. The molecule has 0 saturated heterocycles. The fourth-order valence-corrected chi connectivity index (χ4v) is 4.08. The van der Waals surface area contributed by atoms with Crippen LogP contribution >= 0.6 is 0 Å². The summed E-state index contributed by atoms with van der Waals surface area (Å²) in [6.45, 7) is 7.33. The second kappa shape index (κ2) is 11.7. The summed E-state index contributed by atoms with van der Waals surface area (Å²) in [7, 11) is 0. The van der Waals surface area contributed by atoms with E-state index in [4.69, 9.17) is 13.9 Å². The number of benzene rings is 2. The van der Waals surface area contributed by atoms with E-state index < -0.39 is 0 Å². The molecule has 1 aliphatic rings. The van der Waals surface area contributed by atoms with Gasteiger partial charge in [-0.05, 0) is 59.9 Å². The van der Waals surface area contributed by atoms with Crippen molar-refractivity contribution in [3.8, 4) is 11.5 Å². The second-order valence-corrected chi connectivity index (χ2v) is 9.28. The number of hydrogen-bond acceptors (Lipinski definition) is 5. The van der Waals surface area contributed by atoms with Gasteiger partial charge in [-0.1, -0.05) is 39.0 Å². The van der Waals surface area contributed by atoms with Crippen molar-refractivity contribution < 1.29 is 23.5 Å². The number of fused-ring (bicyclic) bond motifs is 1. The number of nitrogens with one attached hydrogen (secondary N) is 1. The predicted octanol–water partition coefficient (Wildman–Crippen LogP) is 5.29. The molecule has 1 aliphatic heterocycles. The first-order valence-corrected chi connectivity index (χ1v) is 12.2. The SMILES string of the molecule is CCc1cccc(NC(=O)N(CC(=O)N(Cc2ccc3c(c2)OCO3)Cc2ccco2)CC(C)C)c1. The van der Waals surface area contributed by atoms with Crippen LogP contribution in [-0.2, 0) is 24.3 Å². The van der Waals surface area contributed by atoms with Crippen LogP contribution in [0.4, 0.5) is 10.5 Å². The van der Waals surface area contributed by atoms with E-state index in [2.05, 4.69) is 12.2 Å². The summed E-state index contributed by atoms with van der Waals surface area (Å²) < 4.78 is 16.4. The molecule has 0 atom stereocenters. The molecule has 190 valence electrons. The topological polar surface area (TPSA) is 84.3 Å². The smallest absolute Gasteiger partial charge is 0.322 e. The lowest BCUT2D eigenvalue weighted by molar-refractivity contribution is -0.133. The zero-order valence-electron chi connectivity index (χ0n) is 21.0. The summed E-state index contributed by atoms with van der Waals surface area (Å²) >= 11 is 0. The van der Waals surface area contributed by atoms with E-state index in [0.29, 0.717) is 36.0 Å². The Kier molecular flexibility index (Phi) is 8.15. The average Bonchev–Trinajstić information content (AvgIpc) is 3.54. The standard InChI is InChI=1S/C28H33N3O5/c1-4-21-7-5-8-23(13-21)29-28(33)31(15-20(2)3)18-27(32)30(17-24-9-6-12-34-24)16-22-10-11-25-26(14-22)36-19-35-25/h5-14,20H,4,15-19H2,1-3H3,(H,29,33). The number of carbonyl (C=O) groups is 2. The van der Waals surface area contributed by atoms with Crippen LogP contribution in [0.1, 0.15) is 37.7 Å². The minimum absolute atomic E-state index is 0.0528. The van der Waals surface area contributed by atoms with Crippen LogP contribution < -0.4 is 14.8 Å². The number of anilines is 1. The molecule has 2 aromatic carbocycles. The highest BCUT2D eigenvalue weighted by atomic mass is 16.7. The van der Waals surface area contributed by atoms with Crippen LogP contribution in [0.25, 0.3) is 0 Å². The summed E-state index contributed by atoms with van der Waals surface area (Å²) in [5.41, 5.74) is 2.75. The summed E-state index contributed by atoms with van der Waals surface area (Å²) in [6, 6.07) is 16.7. The number of furan rings is 1. The van der Waals surface area contributed by atoms with E-state index in [9.17, 15) is 9.59 Å². The summed E-state index contributed by atoms with van der Waals surface area (Å²) in [6.07, 6.45) is 2.46. The Morgan fingerprint density at radius 3 is 2.53 bits per heavy atom. The maximum Gasteiger partial charge on any atom is 0.322 e. The number of hydrogen-bond donors (Lipinski definition) is 1. The molecule has 0 radical (unpaired) electrons. The Balaban J connectivity index is 1.50. The third-order valence-corrected chi connectivity index (χ3v) is 5.88. The lowest BCUT2D eigenvalue weighted by Gasteiger charge is -2.28. The minimum atomic E-state index is -0.300. The van der Waals surface area contributed by atoms with E-state index in [-0.39, 0.29) is 37.7 Å². The van der Waals surface area contributed by atoms with E-state index >= 15 is 0 Å². The summed E-state index contributed by atoms with van der Waals surface area (Å²) in [4.78, 5) is 30.0. The van der Waals surface area contributed by atoms with Crippen molar-refractivity contribution in [2.45, 2.75) is 40.3 Å². The van der Waals surface area contributed by atoms with Gasteiger partial charge in [0.25, 0.3) is 0 Å². The molecule has 3 amide bonds. The molecular weight excluding hydrogens is 458 g/mol. The molecule has 0 bridgehead atoms. The molecule has 3 aromatic rings. The highest BCUT2D eigenvalue weighted by Gasteiger charge is 2.24. The Hall–Kier alpha value is -3.94. The fourth-order valence-electron chi connectivity index (χ4n) is 4.08. The molecule has 1 N–H and O–H groups in total. The van der Waals surface area contributed by atoms with Gasteiger partial charge in [0.15, 0.2) is 11.5 Å². The Morgan fingerprint density at radius 2 is 1.78 bits per heavy atom. The molecule has 8 nitrogen and oxygen atoms in total. The van der Waals surface area contributed by atoms with Gasteiger partial charge in [0.2, 0.25) is 12.7 Å². The maximum absolute atomic E-state index is 13.6. The Morgan fingerprint density at radius 1 is 0.944 bits per heavy atom. The lowest BCUT2D eigenvalue weighted by Crippen LogP contribution is -2.45. The molecule has 0 saturated carbocycles. The number of amides is 3. The minimum Gasteiger partial charge on any atom is -0.467 e. The number of urea groups is 1. The number of nitrogens with zero attached hydrogens (tertiary/aromatic N) is 2. The van der Waals surface area contributed by atoms with Gasteiger partial charge >= 0.3 is 6.03 Å². The van der Waals surface area contributed by atoms with Crippen molar-refractivity contribution in [1.29, 1.82) is 0 Å². The first kappa shape index (κ1) is 25.2. The molecular formula is C28H33N3O5. The zero-order chi connectivity index (χ0) is 25.5. The van der Waals surface area contributed by atoms with Crippen LogP contribution in [0.2, 0.25) is 0 Å². The predicted molar refractivity (Wildman–Crippen MR) is 137 cm³/mol. The van der Waals surface area contributed by atoms with Crippen LogP contribution in [0, 0.1) is 5.92 Å². The third-order valence-electron chi connectivity index (χ3n) is 5.88. The average molecular weight is 492 g/mol. The van der Waals surface area contributed by atoms with Gasteiger partial charge < -0.3 is 29.0 Å². The Bertz CT molecular complexity index is 1180. The van der Waals surface area contributed by atoms with Crippen LogP contribution in [0.3, 0.4) is 0 Å². The molecule has 2 heterocycles. The van der Waals surface area contributed by atoms with Crippen molar-refractivity contribution >= 4 is 17.6 Å². The van der Waals surface area contributed by atoms with Gasteiger partial charge in [0, 0.05) is 18.8 Å². The monoisotopic (exact) mass is 491 g/mol. The van der Waals surface area contributed by atoms with Crippen LogP contribution in [0.5, 0.6) is 11.5 Å². The van der Waals surface area contributed by atoms with Crippen molar-refractivity contribution in [2.24, 2.45) is 5.92 Å². The van der Waals surface area contributed by atoms with E-state index in [0.717, 1.165) is 17.5 Å². The van der Waals surface area contributed by atoms with Crippen LogP contribution in [0.15, 0.2) is 65.3 Å². The molecule has 1 aromatic heterocycles. The molecule has 0 unspecified atom stereocenters. The summed E-state index contributed by atoms with van der Waals surface area (Å²) in [5, 5.41) is 2.96. The molecule has 0 fully saturated rings. The molecule has 8 heteroatoms. The van der Waals surface area contributed by atoms with Crippen molar-refractivity contribution in [3.05, 3.63) is 77.7 Å². The van der Waals surface area contributed by atoms with Gasteiger partial charge in [-0.2, -0.15) is 0 Å². The van der Waals surface area contributed by atoms with Gasteiger partial charge in [-0.3, -0.25) is 4.79 Å². The third kappa shape index (κ3) is 6.59. The van der Waals surface area contributed by atoms with Crippen molar-refractivity contribution in [1.82, 2.24) is 9.80 Å². The maximum atomic E-state index is 13.6. The highest BCUT2D eigenvalue weighted by Crippen LogP contribution is 2.33. The van der Waals surface area contributed by atoms with Gasteiger partial charge in [-0.15, -0.1) is 0 Å². The number of rotatable bonds is 10. The number of ether oxygens (including phenoxy) is 2. The fraction of sp³-hybridized carbons (Fsp3) is 0.357. The Labute approximate surface area is 211 Å². The first-order chi connectivity index (χ1) is 17.4. The van der Waals surface area contributed by atoms with Crippen molar-refractivity contribution in [3.63, 3.8) is 0 Å². The number of aryl methyl sites for hydroxylation is 1. The summed E-state index contributed by atoms with van der Waals surface area (Å²) in [5.74, 6) is 2.03.